The maximum Gasteiger partial charge on any atom is 0.264 e. The number of benzene rings is 4. The largest absolute Gasteiger partial charge is 0.455 e. The number of nitrogens with zero attached hydrogens (tertiary/aromatic N) is 2. The zero-order valence-corrected chi connectivity index (χ0v) is 45.3. The number of thioether (sulfide) groups is 1. The Balaban J connectivity index is 0.000000219. The summed E-state index contributed by atoms with van der Waals surface area (Å²) >= 11 is 1.15. The second-order valence-electron chi connectivity index (χ2n) is 17.9. The van der Waals surface area contributed by atoms with E-state index in [1.54, 1.807) is 18.2 Å². The predicted molar refractivity (Wildman–Crippen MR) is 284 cm³/mol. The predicted octanol–water partition coefficient (Wildman–Crippen LogP) is 7.77. The standard InChI is InChI=1S/C26H29FN2O6S2.C25H29FN2O8S2/c1-16(30)36-13-12-34-11-10-29(37(3,32)33)22-15-23-21(14-20(22)17-4-5-17)24(26(31)28-2)25(35-23)18-6-8-19(27)9-7-18;1-27-25(29)23-20-14-19(16-4-5-16)21(15-22(20)36-24(23)17-6-8-18(26)9-7-17)28(37(2,30)31)10-11-34-12-13-35-38(3,32)33/h6-9,14-15,17H,4-5,10-13H2,1-3H3,(H,28,31);6-9,14-16H,4-5,10-13H2,1-3H3,(H,27,29). The molecule has 2 N–H and O–H groups in total. The van der Waals surface area contributed by atoms with Gasteiger partial charge < -0.3 is 28.9 Å². The Kier molecular flexibility index (Phi) is 18.2. The van der Waals surface area contributed by atoms with Gasteiger partial charge in [-0.2, -0.15) is 8.42 Å². The summed E-state index contributed by atoms with van der Waals surface area (Å²) in [7, 11) is -8.00. The van der Waals surface area contributed by atoms with Gasteiger partial charge >= 0.3 is 0 Å². The molecule has 2 saturated carbocycles. The highest BCUT2D eigenvalue weighted by atomic mass is 32.2. The molecule has 2 heterocycles. The molecule has 24 heteroatoms. The van der Waals surface area contributed by atoms with Crippen LogP contribution in [-0.2, 0) is 48.6 Å². The highest BCUT2D eigenvalue weighted by molar-refractivity contribution is 8.13. The normalized spacial score (nSPS) is 13.9. The van der Waals surface area contributed by atoms with Gasteiger partial charge in [-0.15, -0.1) is 0 Å². The van der Waals surface area contributed by atoms with Crippen molar-refractivity contribution in [3.8, 4) is 22.6 Å². The fourth-order valence-corrected chi connectivity index (χ4v) is 11.1. The Hall–Kier alpha value is -5.89. The van der Waals surface area contributed by atoms with E-state index in [9.17, 15) is 48.4 Å². The second-order valence-corrected chi connectivity index (χ2v) is 24.6. The number of hydrogen-bond donors (Lipinski definition) is 2. The summed E-state index contributed by atoms with van der Waals surface area (Å²) in [6.45, 7) is 1.79. The Morgan fingerprint density at radius 2 is 1.01 bits per heavy atom. The van der Waals surface area contributed by atoms with Crippen LogP contribution in [0.25, 0.3) is 44.6 Å². The van der Waals surface area contributed by atoms with E-state index in [-0.39, 0.29) is 85.4 Å². The lowest BCUT2D eigenvalue weighted by Crippen LogP contribution is -2.34. The SMILES string of the molecule is CNC(=O)c1c(-c2ccc(F)cc2)oc2cc(N(CCOCCOS(C)(=O)=O)S(C)(=O)=O)c(C3CC3)cc12.CNC(=O)c1c(-c2ccc(F)cc2)oc2cc(N(CCOCCSC(C)=O)S(C)(=O)=O)c(C3CC3)cc12. The van der Waals surface area contributed by atoms with Gasteiger partial charge in [0.2, 0.25) is 20.0 Å². The number of carbonyl (C=O) groups is 3. The van der Waals surface area contributed by atoms with Crippen LogP contribution < -0.4 is 19.2 Å². The molecule has 8 rings (SSSR count). The molecule has 0 aliphatic heterocycles. The summed E-state index contributed by atoms with van der Waals surface area (Å²) < 4.78 is 131. The van der Waals surface area contributed by atoms with E-state index in [0.717, 1.165) is 67.3 Å². The van der Waals surface area contributed by atoms with Crippen molar-refractivity contribution >= 4 is 92.2 Å². The maximum absolute atomic E-state index is 13.5. The summed E-state index contributed by atoms with van der Waals surface area (Å²) in [6, 6.07) is 18.1. The van der Waals surface area contributed by atoms with E-state index < -0.39 is 41.8 Å². The summed E-state index contributed by atoms with van der Waals surface area (Å²) in [5.41, 5.74) is 4.77. The first-order valence-electron chi connectivity index (χ1n) is 23.7. The second kappa shape index (κ2) is 24.0. The van der Waals surface area contributed by atoms with Crippen LogP contribution in [0.1, 0.15) is 76.3 Å². The van der Waals surface area contributed by atoms with E-state index in [0.29, 0.717) is 62.4 Å². The number of rotatable bonds is 23. The number of amides is 2. The fraction of sp³-hybridized carbons (Fsp3) is 0.392. The van der Waals surface area contributed by atoms with E-state index in [1.807, 2.05) is 6.07 Å². The Morgan fingerprint density at radius 3 is 1.36 bits per heavy atom. The molecule has 0 spiro atoms. The summed E-state index contributed by atoms with van der Waals surface area (Å²) in [4.78, 5) is 36.9. The van der Waals surface area contributed by atoms with Crippen LogP contribution in [0.2, 0.25) is 0 Å². The van der Waals surface area contributed by atoms with Crippen molar-refractivity contribution in [1.29, 1.82) is 0 Å². The zero-order chi connectivity index (χ0) is 54.4. The summed E-state index contributed by atoms with van der Waals surface area (Å²) in [5, 5.41) is 6.35. The number of ether oxygens (including phenoxy) is 2. The Labute approximate surface area is 438 Å². The third kappa shape index (κ3) is 14.5. The Morgan fingerprint density at radius 1 is 0.613 bits per heavy atom. The van der Waals surface area contributed by atoms with Crippen LogP contribution >= 0.6 is 11.8 Å². The first kappa shape index (κ1) is 56.8. The molecule has 0 saturated heterocycles. The van der Waals surface area contributed by atoms with Crippen molar-refractivity contribution in [1.82, 2.24) is 10.6 Å². The van der Waals surface area contributed by atoms with Crippen LogP contribution in [0.3, 0.4) is 0 Å². The fourth-order valence-electron chi connectivity index (χ4n) is 8.40. The van der Waals surface area contributed by atoms with Gasteiger partial charge in [-0.1, -0.05) is 11.8 Å². The van der Waals surface area contributed by atoms with Crippen LogP contribution in [0, 0.1) is 11.6 Å². The van der Waals surface area contributed by atoms with Crippen molar-refractivity contribution < 1.29 is 70.9 Å². The third-order valence-corrected chi connectivity index (χ3v) is 15.8. The van der Waals surface area contributed by atoms with Crippen molar-refractivity contribution in [2.75, 3.05) is 93.3 Å². The molecule has 75 heavy (non-hydrogen) atoms. The van der Waals surface area contributed by atoms with Gasteiger partial charge in [-0.25, -0.2) is 25.6 Å². The minimum atomic E-state index is -3.75. The molecular formula is C51H58F2N4O14S4. The number of anilines is 2. The lowest BCUT2D eigenvalue weighted by Gasteiger charge is -2.25. The van der Waals surface area contributed by atoms with Crippen LogP contribution in [0.5, 0.6) is 0 Å². The van der Waals surface area contributed by atoms with Crippen LogP contribution in [0.4, 0.5) is 20.2 Å². The topological polar surface area (TPSA) is 238 Å². The van der Waals surface area contributed by atoms with Crippen molar-refractivity contribution in [3.05, 3.63) is 107 Å². The molecule has 2 aromatic heterocycles. The number of halogens is 2. The van der Waals surface area contributed by atoms with Crippen LogP contribution in [-0.4, -0.2) is 127 Å². The van der Waals surface area contributed by atoms with Gasteiger partial charge in [0.05, 0.1) is 87.4 Å². The number of hydrogen-bond acceptors (Lipinski definition) is 15. The highest BCUT2D eigenvalue weighted by Gasteiger charge is 2.35. The molecule has 0 bridgehead atoms. The maximum atomic E-state index is 13.5. The molecule has 2 fully saturated rings. The number of fused-ring (bicyclic) bond motifs is 2. The van der Waals surface area contributed by atoms with Gasteiger partial charge in [0.25, 0.3) is 21.9 Å². The highest BCUT2D eigenvalue weighted by Crippen LogP contribution is 2.49. The Bertz CT molecular complexity index is 3410. The van der Waals surface area contributed by atoms with E-state index in [1.165, 1.54) is 78.2 Å². The number of furan rings is 2. The van der Waals surface area contributed by atoms with Crippen LogP contribution in [0.15, 0.2) is 81.6 Å². The molecule has 0 unspecified atom stereocenters. The first-order valence-corrected chi connectivity index (χ1v) is 30.2. The molecule has 0 radical (unpaired) electrons. The molecule has 6 aromatic rings. The minimum Gasteiger partial charge on any atom is -0.455 e. The van der Waals surface area contributed by atoms with Gasteiger partial charge in [0.1, 0.15) is 34.3 Å². The average molecular weight is 1120 g/mol. The average Bonchev–Trinajstić information content (AvgIpc) is 4.30. The van der Waals surface area contributed by atoms with E-state index in [4.69, 9.17) is 18.3 Å². The lowest BCUT2D eigenvalue weighted by atomic mass is 10.0. The first-order chi connectivity index (χ1) is 35.5. The van der Waals surface area contributed by atoms with E-state index in [2.05, 4.69) is 14.8 Å². The van der Waals surface area contributed by atoms with Gasteiger partial charge in [0.15, 0.2) is 5.12 Å². The molecule has 2 aliphatic carbocycles. The molecule has 2 aliphatic rings. The molecule has 18 nitrogen and oxygen atoms in total. The lowest BCUT2D eigenvalue weighted by molar-refractivity contribution is -0.109. The molecule has 404 valence electrons. The summed E-state index contributed by atoms with van der Waals surface area (Å²) in [6.07, 6.45) is 6.71. The van der Waals surface area contributed by atoms with Crippen molar-refractivity contribution in [3.63, 3.8) is 0 Å². The molecule has 0 atom stereocenters. The quantitative estimate of drug-likeness (QED) is 0.0460. The van der Waals surface area contributed by atoms with Gasteiger partial charge in [-0.3, -0.25) is 27.2 Å². The smallest absolute Gasteiger partial charge is 0.264 e. The monoisotopic (exact) mass is 1120 g/mol. The van der Waals surface area contributed by atoms with Crippen molar-refractivity contribution in [2.45, 2.75) is 44.4 Å². The number of carbonyl (C=O) groups excluding carboxylic acids is 3. The van der Waals surface area contributed by atoms with Crippen molar-refractivity contribution in [2.24, 2.45) is 0 Å². The number of nitrogens with one attached hydrogen (secondary N) is 2. The minimum absolute atomic E-state index is 0.00156. The molecule has 4 aromatic carbocycles. The summed E-state index contributed by atoms with van der Waals surface area (Å²) in [5.74, 6) is -0.281. The zero-order valence-electron chi connectivity index (χ0n) is 42.1. The molecule has 2 amide bonds. The number of sulfonamides is 2. The molecular weight excluding hydrogens is 1060 g/mol. The van der Waals surface area contributed by atoms with Gasteiger partial charge in [0, 0.05) is 60.8 Å². The van der Waals surface area contributed by atoms with E-state index >= 15 is 0 Å². The van der Waals surface area contributed by atoms with Gasteiger partial charge in [-0.05, 0) is 109 Å². The third-order valence-electron chi connectivity index (χ3n) is 12.1.